The summed E-state index contributed by atoms with van der Waals surface area (Å²) < 4.78 is 48.3. The van der Waals surface area contributed by atoms with Crippen molar-refractivity contribution in [2.45, 2.75) is 19.1 Å². The van der Waals surface area contributed by atoms with Gasteiger partial charge in [0.2, 0.25) is 0 Å². The van der Waals surface area contributed by atoms with Crippen molar-refractivity contribution in [2.24, 2.45) is 0 Å². The number of halogens is 3. The van der Waals surface area contributed by atoms with Crippen molar-refractivity contribution in [3.05, 3.63) is 54.1 Å². The molecule has 0 spiro atoms. The minimum Gasteiger partial charge on any atom is -0.497 e. The van der Waals surface area contributed by atoms with E-state index in [4.69, 9.17) is 21.7 Å². The van der Waals surface area contributed by atoms with E-state index >= 15 is 0 Å². The van der Waals surface area contributed by atoms with Crippen molar-refractivity contribution >= 4 is 23.0 Å². The fourth-order valence-corrected chi connectivity index (χ4v) is 2.39. The molecule has 26 heavy (non-hydrogen) atoms. The van der Waals surface area contributed by atoms with Crippen LogP contribution in [0, 0.1) is 0 Å². The van der Waals surface area contributed by atoms with E-state index in [9.17, 15) is 13.2 Å². The summed E-state index contributed by atoms with van der Waals surface area (Å²) in [5.74, 6) is 1.44. The normalized spacial score (nSPS) is 12.2. The van der Waals surface area contributed by atoms with Crippen LogP contribution in [-0.2, 0) is 6.18 Å². The summed E-state index contributed by atoms with van der Waals surface area (Å²) in [6.45, 7) is 2.24. The molecule has 2 rings (SSSR count). The lowest BCUT2D eigenvalue weighted by atomic mass is 10.2. The number of hydrogen-bond acceptors (Lipinski definition) is 3. The molecule has 0 aromatic heterocycles. The summed E-state index contributed by atoms with van der Waals surface area (Å²) in [6.07, 6.45) is -4.36. The van der Waals surface area contributed by atoms with E-state index in [2.05, 4.69) is 10.6 Å². The first kappa shape index (κ1) is 19.8. The zero-order chi connectivity index (χ0) is 19.2. The largest absolute Gasteiger partial charge is 0.497 e. The highest BCUT2D eigenvalue weighted by Gasteiger charge is 2.29. The highest BCUT2D eigenvalue weighted by atomic mass is 32.1. The summed E-state index contributed by atoms with van der Waals surface area (Å²) in [5, 5.41) is 6.16. The molecule has 0 aliphatic heterocycles. The first-order chi connectivity index (χ1) is 12.3. The Bertz CT molecular complexity index is 719. The number of methoxy groups -OCH3 is 1. The number of alkyl halides is 3. The van der Waals surface area contributed by atoms with Gasteiger partial charge < -0.3 is 20.1 Å². The molecule has 2 aromatic carbocycles. The van der Waals surface area contributed by atoms with Gasteiger partial charge in [0.25, 0.3) is 0 Å². The predicted molar refractivity (Wildman–Crippen MR) is 98.8 cm³/mol. The maximum atomic E-state index is 12.5. The number of hydrogen-bond donors (Lipinski definition) is 2. The van der Waals surface area contributed by atoms with Crippen LogP contribution in [0.4, 0.5) is 18.9 Å². The third-order valence-electron chi connectivity index (χ3n) is 3.41. The SMILES string of the molecule is COc1ccc(OC[C@H](C)NC(=S)Nc2ccc(C(F)(F)F)cc2)cc1. The lowest BCUT2D eigenvalue weighted by molar-refractivity contribution is -0.137. The summed E-state index contributed by atoms with van der Waals surface area (Å²) in [4.78, 5) is 0. The van der Waals surface area contributed by atoms with Gasteiger partial charge >= 0.3 is 6.18 Å². The zero-order valence-corrected chi connectivity index (χ0v) is 15.1. The number of rotatable bonds is 6. The van der Waals surface area contributed by atoms with Gasteiger partial charge in [-0.1, -0.05) is 0 Å². The van der Waals surface area contributed by atoms with Crippen LogP contribution in [0.25, 0.3) is 0 Å². The van der Waals surface area contributed by atoms with Gasteiger partial charge in [-0.25, -0.2) is 0 Å². The topological polar surface area (TPSA) is 42.5 Å². The van der Waals surface area contributed by atoms with Crippen LogP contribution in [0.5, 0.6) is 11.5 Å². The third-order valence-corrected chi connectivity index (χ3v) is 3.63. The Morgan fingerprint density at radius 2 is 1.62 bits per heavy atom. The van der Waals surface area contributed by atoms with Crippen molar-refractivity contribution in [2.75, 3.05) is 19.0 Å². The summed E-state index contributed by atoms with van der Waals surface area (Å²) in [7, 11) is 1.59. The van der Waals surface area contributed by atoms with Gasteiger partial charge in [-0.2, -0.15) is 13.2 Å². The second kappa shape index (κ2) is 8.75. The molecular formula is C18H19F3N2O2S. The summed E-state index contributed by atoms with van der Waals surface area (Å²) in [5.41, 5.74) is -0.234. The average Bonchev–Trinajstić information content (AvgIpc) is 2.60. The molecule has 2 N–H and O–H groups in total. The zero-order valence-electron chi connectivity index (χ0n) is 14.3. The van der Waals surface area contributed by atoms with E-state index in [1.54, 1.807) is 31.4 Å². The molecule has 140 valence electrons. The van der Waals surface area contributed by atoms with Crippen LogP contribution in [-0.4, -0.2) is 24.9 Å². The third kappa shape index (κ3) is 6.11. The average molecular weight is 384 g/mol. The Kier molecular flexibility index (Phi) is 6.68. The van der Waals surface area contributed by atoms with E-state index < -0.39 is 11.7 Å². The maximum Gasteiger partial charge on any atom is 0.416 e. The first-order valence-corrected chi connectivity index (χ1v) is 8.20. The smallest absolute Gasteiger partial charge is 0.416 e. The molecule has 0 radical (unpaired) electrons. The van der Waals surface area contributed by atoms with Crippen molar-refractivity contribution < 1.29 is 22.6 Å². The molecule has 0 bridgehead atoms. The van der Waals surface area contributed by atoms with Crippen LogP contribution in [0.1, 0.15) is 12.5 Å². The molecule has 0 saturated heterocycles. The van der Waals surface area contributed by atoms with Gasteiger partial charge in [-0.15, -0.1) is 0 Å². The molecule has 0 aliphatic rings. The fourth-order valence-electron chi connectivity index (χ4n) is 2.07. The van der Waals surface area contributed by atoms with Gasteiger partial charge in [0.1, 0.15) is 18.1 Å². The number of benzene rings is 2. The quantitative estimate of drug-likeness (QED) is 0.720. The molecule has 0 unspecified atom stereocenters. The summed E-state index contributed by atoms with van der Waals surface area (Å²) in [6, 6.07) is 11.7. The molecule has 0 heterocycles. The van der Waals surface area contributed by atoms with Crippen molar-refractivity contribution in [3.63, 3.8) is 0 Å². The van der Waals surface area contributed by atoms with E-state index in [0.29, 0.717) is 23.2 Å². The molecule has 0 fully saturated rings. The van der Waals surface area contributed by atoms with Crippen LogP contribution < -0.4 is 20.1 Å². The Labute approximate surface area is 155 Å². The molecule has 0 aliphatic carbocycles. The fraction of sp³-hybridized carbons (Fsp3) is 0.278. The molecular weight excluding hydrogens is 365 g/mol. The Hall–Kier alpha value is -2.48. The highest BCUT2D eigenvalue weighted by Crippen LogP contribution is 2.29. The number of thiocarbonyl (C=S) groups is 1. The molecule has 8 heteroatoms. The molecule has 2 aromatic rings. The number of ether oxygens (including phenoxy) is 2. The molecule has 0 saturated carbocycles. The van der Waals surface area contributed by atoms with Gasteiger partial charge in [0.15, 0.2) is 5.11 Å². The van der Waals surface area contributed by atoms with Gasteiger partial charge in [0, 0.05) is 5.69 Å². The minimum absolute atomic E-state index is 0.105. The Morgan fingerprint density at radius 1 is 1.04 bits per heavy atom. The van der Waals surface area contributed by atoms with Crippen molar-refractivity contribution in [1.82, 2.24) is 5.32 Å². The van der Waals surface area contributed by atoms with Crippen LogP contribution >= 0.6 is 12.2 Å². The minimum atomic E-state index is -4.36. The van der Waals surface area contributed by atoms with Crippen molar-refractivity contribution in [3.8, 4) is 11.5 Å². The van der Waals surface area contributed by atoms with Gasteiger partial charge in [-0.3, -0.25) is 0 Å². The summed E-state index contributed by atoms with van der Waals surface area (Å²) >= 11 is 5.17. The van der Waals surface area contributed by atoms with Gasteiger partial charge in [-0.05, 0) is 67.7 Å². The lowest BCUT2D eigenvalue weighted by Gasteiger charge is -2.18. The Morgan fingerprint density at radius 3 is 2.15 bits per heavy atom. The number of anilines is 1. The molecule has 4 nitrogen and oxygen atoms in total. The second-order valence-corrected chi connectivity index (χ2v) is 5.97. The molecule has 0 amide bonds. The lowest BCUT2D eigenvalue weighted by Crippen LogP contribution is -2.39. The van der Waals surface area contributed by atoms with E-state index in [1.165, 1.54) is 12.1 Å². The Balaban J connectivity index is 1.79. The monoisotopic (exact) mass is 384 g/mol. The number of nitrogens with one attached hydrogen (secondary N) is 2. The van der Waals surface area contributed by atoms with Crippen LogP contribution in [0.2, 0.25) is 0 Å². The highest BCUT2D eigenvalue weighted by molar-refractivity contribution is 7.80. The first-order valence-electron chi connectivity index (χ1n) is 7.79. The maximum absolute atomic E-state index is 12.5. The van der Waals surface area contributed by atoms with E-state index in [1.807, 2.05) is 6.92 Å². The van der Waals surface area contributed by atoms with Gasteiger partial charge in [0.05, 0.1) is 18.7 Å². The second-order valence-electron chi connectivity index (χ2n) is 5.56. The van der Waals surface area contributed by atoms with Crippen LogP contribution in [0.3, 0.4) is 0 Å². The standard InChI is InChI=1S/C18H19F3N2O2S/c1-12(11-25-16-9-7-15(24-2)8-10-16)22-17(26)23-14-5-3-13(4-6-14)18(19,20)21/h3-10,12H,11H2,1-2H3,(H2,22,23,26)/t12-/m0/s1. The predicted octanol–water partition coefficient (Wildman–Crippen LogP) is 4.47. The van der Waals surface area contributed by atoms with Crippen LogP contribution in [0.15, 0.2) is 48.5 Å². The molecule has 1 atom stereocenters. The van der Waals surface area contributed by atoms with Crippen molar-refractivity contribution in [1.29, 1.82) is 0 Å². The van der Waals surface area contributed by atoms with E-state index in [-0.39, 0.29) is 6.04 Å². The van der Waals surface area contributed by atoms with E-state index in [0.717, 1.165) is 17.9 Å².